The van der Waals surface area contributed by atoms with E-state index in [1.165, 1.54) is 12.1 Å². The highest BCUT2D eigenvalue weighted by molar-refractivity contribution is 6.30. The summed E-state index contributed by atoms with van der Waals surface area (Å²) in [7, 11) is 0. The number of hydrogen-bond acceptors (Lipinski definition) is 2. The lowest BCUT2D eigenvalue weighted by Gasteiger charge is -2.11. The lowest BCUT2D eigenvalue weighted by Crippen LogP contribution is -1.97. The highest BCUT2D eigenvalue weighted by Crippen LogP contribution is 2.26. The van der Waals surface area contributed by atoms with Crippen LogP contribution < -0.4 is 5.32 Å². The Bertz CT molecular complexity index is 612. The molecular weight excluding hydrogens is 251 g/mol. The SMILES string of the molecule is Cc1cccc(C#N)c1Nc1cc(F)cc(Cl)c1. The van der Waals surface area contributed by atoms with Gasteiger partial charge in [-0.3, -0.25) is 0 Å². The Balaban J connectivity index is 2.43. The molecule has 2 aromatic rings. The van der Waals surface area contributed by atoms with Crippen LogP contribution in [-0.4, -0.2) is 0 Å². The maximum Gasteiger partial charge on any atom is 0.126 e. The second-order valence-corrected chi connectivity index (χ2v) is 4.33. The van der Waals surface area contributed by atoms with Crippen molar-refractivity contribution < 1.29 is 4.39 Å². The standard InChI is InChI=1S/C14H10ClFN2/c1-9-3-2-4-10(8-17)14(9)18-13-6-11(15)5-12(16)7-13/h2-7,18H,1H3. The molecule has 2 aromatic carbocycles. The molecule has 0 heterocycles. The van der Waals surface area contributed by atoms with E-state index >= 15 is 0 Å². The highest BCUT2D eigenvalue weighted by atomic mass is 35.5. The molecule has 0 amide bonds. The monoisotopic (exact) mass is 260 g/mol. The predicted molar refractivity (Wildman–Crippen MR) is 70.6 cm³/mol. The molecule has 0 radical (unpaired) electrons. The molecule has 0 aliphatic rings. The summed E-state index contributed by atoms with van der Waals surface area (Å²) in [6, 6.07) is 11.7. The van der Waals surface area contributed by atoms with E-state index in [0.29, 0.717) is 22.0 Å². The number of anilines is 2. The van der Waals surface area contributed by atoms with Gasteiger partial charge in [0.2, 0.25) is 0 Å². The first-order chi connectivity index (χ1) is 8.60. The van der Waals surface area contributed by atoms with E-state index < -0.39 is 5.82 Å². The van der Waals surface area contributed by atoms with E-state index in [4.69, 9.17) is 16.9 Å². The Kier molecular flexibility index (Phi) is 3.50. The van der Waals surface area contributed by atoms with Crippen LogP contribution in [0.1, 0.15) is 11.1 Å². The predicted octanol–water partition coefficient (Wildman–Crippen LogP) is 4.40. The van der Waals surface area contributed by atoms with Gasteiger partial charge in [-0.25, -0.2) is 4.39 Å². The normalized spacial score (nSPS) is 9.89. The Labute approximate surface area is 110 Å². The van der Waals surface area contributed by atoms with Gasteiger partial charge in [-0.05, 0) is 36.8 Å². The van der Waals surface area contributed by atoms with Crippen molar-refractivity contribution in [2.24, 2.45) is 0 Å². The largest absolute Gasteiger partial charge is 0.354 e. The van der Waals surface area contributed by atoms with Crippen LogP contribution in [0.2, 0.25) is 5.02 Å². The van der Waals surface area contributed by atoms with Gasteiger partial charge in [0.15, 0.2) is 0 Å². The minimum atomic E-state index is -0.419. The van der Waals surface area contributed by atoms with Crippen molar-refractivity contribution in [3.05, 3.63) is 58.4 Å². The van der Waals surface area contributed by atoms with Crippen molar-refractivity contribution >= 4 is 23.0 Å². The summed E-state index contributed by atoms with van der Waals surface area (Å²) in [5.41, 5.74) is 2.61. The van der Waals surface area contributed by atoms with Crippen molar-refractivity contribution in [2.45, 2.75) is 6.92 Å². The number of benzene rings is 2. The van der Waals surface area contributed by atoms with Gasteiger partial charge in [-0.15, -0.1) is 0 Å². The molecule has 1 N–H and O–H groups in total. The van der Waals surface area contributed by atoms with Crippen LogP contribution in [-0.2, 0) is 0 Å². The lowest BCUT2D eigenvalue weighted by atomic mass is 10.1. The molecule has 90 valence electrons. The fourth-order valence-electron chi connectivity index (χ4n) is 1.70. The van der Waals surface area contributed by atoms with E-state index in [-0.39, 0.29) is 0 Å². The van der Waals surface area contributed by atoms with Crippen LogP contribution in [0.4, 0.5) is 15.8 Å². The van der Waals surface area contributed by atoms with E-state index in [2.05, 4.69) is 11.4 Å². The molecule has 18 heavy (non-hydrogen) atoms. The average Bonchev–Trinajstić information content (AvgIpc) is 2.30. The summed E-state index contributed by atoms with van der Waals surface area (Å²) < 4.78 is 13.2. The zero-order valence-electron chi connectivity index (χ0n) is 9.67. The van der Waals surface area contributed by atoms with Gasteiger partial charge in [0.25, 0.3) is 0 Å². The minimum absolute atomic E-state index is 0.310. The van der Waals surface area contributed by atoms with Crippen LogP contribution >= 0.6 is 11.6 Å². The fourth-order valence-corrected chi connectivity index (χ4v) is 1.92. The van der Waals surface area contributed by atoms with Gasteiger partial charge >= 0.3 is 0 Å². The summed E-state index contributed by atoms with van der Waals surface area (Å²) >= 11 is 5.78. The number of para-hydroxylation sites is 1. The van der Waals surface area contributed by atoms with Crippen LogP contribution in [0, 0.1) is 24.1 Å². The highest BCUT2D eigenvalue weighted by Gasteiger charge is 2.06. The van der Waals surface area contributed by atoms with E-state index in [0.717, 1.165) is 5.56 Å². The molecular formula is C14H10ClFN2. The molecule has 0 saturated carbocycles. The number of aryl methyl sites for hydroxylation is 1. The first kappa shape index (κ1) is 12.4. The molecule has 0 fully saturated rings. The molecule has 2 nitrogen and oxygen atoms in total. The quantitative estimate of drug-likeness (QED) is 0.869. The number of nitrogens with zero attached hydrogens (tertiary/aromatic N) is 1. The maximum absolute atomic E-state index is 13.2. The number of rotatable bonds is 2. The Hall–Kier alpha value is -2.05. The second kappa shape index (κ2) is 5.07. The molecule has 4 heteroatoms. The number of nitrogens with one attached hydrogen (secondary N) is 1. The molecule has 0 unspecified atom stereocenters. The van der Waals surface area contributed by atoms with Crippen LogP contribution in [0.25, 0.3) is 0 Å². The van der Waals surface area contributed by atoms with Crippen LogP contribution in [0.3, 0.4) is 0 Å². The van der Waals surface area contributed by atoms with Crippen molar-refractivity contribution in [2.75, 3.05) is 5.32 Å². The molecule has 0 aliphatic carbocycles. The zero-order chi connectivity index (χ0) is 13.1. The topological polar surface area (TPSA) is 35.8 Å². The van der Waals surface area contributed by atoms with Crippen molar-refractivity contribution in [3.8, 4) is 6.07 Å². The summed E-state index contributed by atoms with van der Waals surface area (Å²) in [4.78, 5) is 0. The van der Waals surface area contributed by atoms with Gasteiger partial charge in [0, 0.05) is 10.7 Å². The van der Waals surface area contributed by atoms with E-state index in [1.807, 2.05) is 13.0 Å². The van der Waals surface area contributed by atoms with Gasteiger partial charge in [-0.2, -0.15) is 5.26 Å². The summed E-state index contributed by atoms with van der Waals surface area (Å²) in [5, 5.41) is 12.4. The summed E-state index contributed by atoms with van der Waals surface area (Å²) in [6.07, 6.45) is 0. The number of halogens is 2. The fraction of sp³-hybridized carbons (Fsp3) is 0.0714. The smallest absolute Gasteiger partial charge is 0.126 e. The van der Waals surface area contributed by atoms with Gasteiger partial charge < -0.3 is 5.32 Å². The molecule has 0 saturated heterocycles. The van der Waals surface area contributed by atoms with Crippen molar-refractivity contribution in [1.29, 1.82) is 5.26 Å². The Morgan fingerprint density at radius 3 is 2.72 bits per heavy atom. The Morgan fingerprint density at radius 1 is 1.28 bits per heavy atom. The third kappa shape index (κ3) is 2.61. The number of nitriles is 1. The maximum atomic E-state index is 13.2. The first-order valence-corrected chi connectivity index (χ1v) is 5.71. The summed E-state index contributed by atoms with van der Waals surface area (Å²) in [6.45, 7) is 1.88. The second-order valence-electron chi connectivity index (χ2n) is 3.89. The van der Waals surface area contributed by atoms with Gasteiger partial charge in [0.05, 0.1) is 11.3 Å². The van der Waals surface area contributed by atoms with E-state index in [1.54, 1.807) is 18.2 Å². The van der Waals surface area contributed by atoms with Crippen molar-refractivity contribution in [1.82, 2.24) is 0 Å². The van der Waals surface area contributed by atoms with Gasteiger partial charge in [0.1, 0.15) is 11.9 Å². The van der Waals surface area contributed by atoms with Crippen LogP contribution in [0.15, 0.2) is 36.4 Å². The third-order valence-corrected chi connectivity index (χ3v) is 2.74. The first-order valence-electron chi connectivity index (χ1n) is 5.33. The molecule has 0 bridgehead atoms. The average molecular weight is 261 g/mol. The molecule has 0 aliphatic heterocycles. The zero-order valence-corrected chi connectivity index (χ0v) is 10.4. The minimum Gasteiger partial charge on any atom is -0.354 e. The molecule has 0 spiro atoms. The summed E-state index contributed by atoms with van der Waals surface area (Å²) in [5.74, 6) is -0.419. The Morgan fingerprint density at radius 2 is 2.06 bits per heavy atom. The molecule has 0 aromatic heterocycles. The van der Waals surface area contributed by atoms with Crippen molar-refractivity contribution in [3.63, 3.8) is 0 Å². The third-order valence-electron chi connectivity index (χ3n) is 2.53. The van der Waals surface area contributed by atoms with E-state index in [9.17, 15) is 4.39 Å². The van der Waals surface area contributed by atoms with Crippen LogP contribution in [0.5, 0.6) is 0 Å². The number of hydrogen-bond donors (Lipinski definition) is 1. The molecule has 2 rings (SSSR count). The van der Waals surface area contributed by atoms with Gasteiger partial charge in [-0.1, -0.05) is 23.7 Å². The lowest BCUT2D eigenvalue weighted by molar-refractivity contribution is 0.628. The molecule has 0 atom stereocenters.